The van der Waals surface area contributed by atoms with Crippen molar-refractivity contribution in [1.82, 2.24) is 0 Å². The number of nitrogens with zero attached hydrogens (tertiary/aromatic N) is 1. The lowest BCUT2D eigenvalue weighted by atomic mass is 9.86. The normalized spacial score (nSPS) is 18.0. The monoisotopic (exact) mass is 364 g/mol. The van der Waals surface area contributed by atoms with E-state index in [1.165, 1.54) is 12.1 Å². The number of carbonyl (C=O) groups excluding carboxylic acids is 1. The number of benzene rings is 2. The van der Waals surface area contributed by atoms with Gasteiger partial charge in [0, 0.05) is 12.6 Å². The highest BCUT2D eigenvalue weighted by molar-refractivity contribution is 6.08. The molecule has 26 heavy (non-hydrogen) atoms. The van der Waals surface area contributed by atoms with Crippen molar-refractivity contribution in [3.8, 4) is 0 Å². The second-order valence-electron chi connectivity index (χ2n) is 6.89. The van der Waals surface area contributed by atoms with E-state index in [0.717, 1.165) is 17.0 Å². The molecule has 2 aromatic carbocycles. The zero-order chi connectivity index (χ0) is 19.2. The molecule has 0 saturated heterocycles. The predicted molar refractivity (Wildman–Crippen MR) is 91.1 cm³/mol. The van der Waals surface area contributed by atoms with E-state index >= 15 is 0 Å². The van der Waals surface area contributed by atoms with E-state index in [2.05, 4.69) is 0 Å². The van der Waals surface area contributed by atoms with Crippen molar-refractivity contribution in [2.45, 2.75) is 31.4 Å². The van der Waals surface area contributed by atoms with E-state index in [9.17, 15) is 23.1 Å². The van der Waals surface area contributed by atoms with E-state index in [1.54, 1.807) is 19.9 Å². The first-order valence-corrected chi connectivity index (χ1v) is 8.15. The molecule has 0 spiro atoms. The third-order valence-corrected chi connectivity index (χ3v) is 4.77. The van der Waals surface area contributed by atoms with E-state index in [1.807, 2.05) is 0 Å². The Morgan fingerprint density at radius 2 is 1.77 bits per heavy atom. The first-order chi connectivity index (χ1) is 12.2. The summed E-state index contributed by atoms with van der Waals surface area (Å²) in [5.74, 6) is -2.88. The molecule has 0 radical (unpaired) electrons. The van der Waals surface area contributed by atoms with Gasteiger partial charge in [-0.15, -0.1) is 0 Å². The molecule has 1 amide bonds. The molecule has 2 unspecified atom stereocenters. The van der Waals surface area contributed by atoms with Crippen molar-refractivity contribution in [3.05, 3.63) is 65.0 Å². The number of aliphatic hydroxyl groups excluding tert-OH is 1. The van der Waals surface area contributed by atoms with Crippen LogP contribution in [0.5, 0.6) is 0 Å². The van der Waals surface area contributed by atoms with Gasteiger partial charge in [-0.05, 0) is 43.2 Å². The molecule has 7 heteroatoms. The summed E-state index contributed by atoms with van der Waals surface area (Å²) >= 11 is 0. The molecule has 138 valence electrons. The Morgan fingerprint density at radius 3 is 2.35 bits per heavy atom. The smallest absolute Gasteiger partial charge is 0.237 e. The molecule has 3 N–H and O–H groups in total. The standard InChI is InChI=1S/C19H19F3N2O2/c1-19(2)13-4-3-5-14(22)17(13)24(18(19)26)16(15(25)9-23)10-6-11(20)8-12(21)7-10/h3-8,15-16,25H,9,23H2,1-2H3. The van der Waals surface area contributed by atoms with Crippen LogP contribution in [0.3, 0.4) is 0 Å². The van der Waals surface area contributed by atoms with Crippen molar-refractivity contribution in [3.63, 3.8) is 0 Å². The number of fused-ring (bicyclic) bond motifs is 1. The maximum atomic E-state index is 14.6. The number of hydrogen-bond acceptors (Lipinski definition) is 3. The number of aliphatic hydroxyl groups is 1. The van der Waals surface area contributed by atoms with Crippen molar-refractivity contribution >= 4 is 11.6 Å². The van der Waals surface area contributed by atoms with Gasteiger partial charge >= 0.3 is 0 Å². The Bertz CT molecular complexity index is 850. The summed E-state index contributed by atoms with van der Waals surface area (Å²) in [6.07, 6.45) is -1.35. The number of rotatable bonds is 4. The number of amides is 1. The van der Waals surface area contributed by atoms with Crippen LogP contribution in [0.25, 0.3) is 0 Å². The summed E-state index contributed by atoms with van der Waals surface area (Å²) in [6, 6.07) is 5.77. The lowest BCUT2D eigenvalue weighted by Crippen LogP contribution is -2.45. The molecule has 1 aliphatic rings. The van der Waals surface area contributed by atoms with Gasteiger partial charge in [-0.1, -0.05) is 12.1 Å². The zero-order valence-electron chi connectivity index (χ0n) is 14.3. The third kappa shape index (κ3) is 2.77. The summed E-state index contributed by atoms with van der Waals surface area (Å²) in [6.45, 7) is 2.98. The summed E-state index contributed by atoms with van der Waals surface area (Å²) in [4.78, 5) is 14.1. The van der Waals surface area contributed by atoms with Crippen molar-refractivity contribution in [2.75, 3.05) is 11.4 Å². The number of hydrogen-bond donors (Lipinski definition) is 2. The van der Waals surface area contributed by atoms with E-state index < -0.39 is 40.9 Å². The average Bonchev–Trinajstić information content (AvgIpc) is 2.76. The number of anilines is 1. The lowest BCUT2D eigenvalue weighted by molar-refractivity contribution is -0.123. The van der Waals surface area contributed by atoms with Crippen LogP contribution in [-0.4, -0.2) is 23.7 Å². The van der Waals surface area contributed by atoms with Gasteiger partial charge < -0.3 is 10.8 Å². The minimum absolute atomic E-state index is 0.000651. The van der Waals surface area contributed by atoms with Crippen LogP contribution in [0, 0.1) is 17.5 Å². The van der Waals surface area contributed by atoms with Gasteiger partial charge in [0.2, 0.25) is 5.91 Å². The molecule has 0 aliphatic carbocycles. The number of nitrogens with two attached hydrogens (primary N) is 1. The molecule has 2 atom stereocenters. The largest absolute Gasteiger partial charge is 0.389 e. The van der Waals surface area contributed by atoms with Crippen LogP contribution in [0.2, 0.25) is 0 Å². The zero-order valence-corrected chi connectivity index (χ0v) is 14.3. The molecule has 1 aliphatic heterocycles. The van der Waals surface area contributed by atoms with Crippen LogP contribution in [-0.2, 0) is 10.2 Å². The number of para-hydroxylation sites is 1. The van der Waals surface area contributed by atoms with Crippen molar-refractivity contribution in [1.29, 1.82) is 0 Å². The molecule has 0 saturated carbocycles. The quantitative estimate of drug-likeness (QED) is 0.877. The highest BCUT2D eigenvalue weighted by Crippen LogP contribution is 2.47. The fourth-order valence-electron chi connectivity index (χ4n) is 3.47. The molecular formula is C19H19F3N2O2. The lowest BCUT2D eigenvalue weighted by Gasteiger charge is -2.33. The molecule has 0 bridgehead atoms. The number of carbonyl (C=O) groups is 1. The molecule has 4 nitrogen and oxygen atoms in total. The Kier molecular flexibility index (Phi) is 4.54. The van der Waals surface area contributed by atoms with Gasteiger partial charge in [0.1, 0.15) is 17.5 Å². The van der Waals surface area contributed by atoms with Crippen LogP contribution < -0.4 is 10.6 Å². The first-order valence-electron chi connectivity index (χ1n) is 8.15. The molecule has 0 fully saturated rings. The average molecular weight is 364 g/mol. The highest BCUT2D eigenvalue weighted by atomic mass is 19.1. The van der Waals surface area contributed by atoms with Gasteiger partial charge in [0.25, 0.3) is 0 Å². The van der Waals surface area contributed by atoms with E-state index in [-0.39, 0.29) is 17.8 Å². The van der Waals surface area contributed by atoms with Gasteiger partial charge in [-0.2, -0.15) is 0 Å². The van der Waals surface area contributed by atoms with E-state index in [0.29, 0.717) is 11.6 Å². The van der Waals surface area contributed by atoms with Crippen LogP contribution in [0.4, 0.5) is 18.9 Å². The summed E-state index contributed by atoms with van der Waals surface area (Å²) in [7, 11) is 0. The molecule has 0 aromatic heterocycles. The van der Waals surface area contributed by atoms with Crippen molar-refractivity contribution in [2.24, 2.45) is 5.73 Å². The summed E-state index contributed by atoms with van der Waals surface area (Å²) in [5.41, 5.74) is 4.93. The molecule has 1 heterocycles. The maximum Gasteiger partial charge on any atom is 0.237 e. The topological polar surface area (TPSA) is 66.6 Å². The van der Waals surface area contributed by atoms with Crippen molar-refractivity contribution < 1.29 is 23.1 Å². The predicted octanol–water partition coefficient (Wildman–Crippen LogP) is 2.79. The first kappa shape index (κ1) is 18.4. The Morgan fingerprint density at radius 1 is 1.15 bits per heavy atom. The maximum absolute atomic E-state index is 14.6. The fourth-order valence-corrected chi connectivity index (χ4v) is 3.47. The summed E-state index contributed by atoms with van der Waals surface area (Å²) in [5, 5.41) is 10.4. The highest BCUT2D eigenvalue weighted by Gasteiger charge is 2.49. The Labute approximate surface area is 149 Å². The van der Waals surface area contributed by atoms with Gasteiger partial charge in [-0.25, -0.2) is 13.2 Å². The molecule has 2 aromatic rings. The minimum Gasteiger partial charge on any atom is -0.389 e. The fraction of sp³-hybridized carbons (Fsp3) is 0.316. The van der Waals surface area contributed by atoms with Gasteiger partial charge in [-0.3, -0.25) is 9.69 Å². The second-order valence-corrected chi connectivity index (χ2v) is 6.89. The van der Waals surface area contributed by atoms with Gasteiger partial charge in [0.05, 0.1) is 23.2 Å². The Hall–Kier alpha value is -2.38. The second kappa shape index (κ2) is 6.41. The van der Waals surface area contributed by atoms with Gasteiger partial charge in [0.15, 0.2) is 0 Å². The van der Waals surface area contributed by atoms with E-state index in [4.69, 9.17) is 5.73 Å². The number of halogens is 3. The van der Waals surface area contributed by atoms with Crippen LogP contribution in [0.15, 0.2) is 36.4 Å². The van der Waals surface area contributed by atoms with Crippen LogP contribution in [0.1, 0.15) is 31.0 Å². The molecule has 3 rings (SSSR count). The minimum atomic E-state index is -1.35. The third-order valence-electron chi connectivity index (χ3n) is 4.77. The SMILES string of the molecule is CC1(C)C(=O)N(C(c2cc(F)cc(F)c2)C(O)CN)c2c(F)cccc21. The molecular weight excluding hydrogens is 345 g/mol. The summed E-state index contributed by atoms with van der Waals surface area (Å²) < 4.78 is 42.1. The van der Waals surface area contributed by atoms with Crippen LogP contribution >= 0.6 is 0 Å². The Balaban J connectivity index is 2.24.